The Kier molecular flexibility index (Phi) is 4.18. The summed E-state index contributed by atoms with van der Waals surface area (Å²) in [6, 6.07) is 5.16. The summed E-state index contributed by atoms with van der Waals surface area (Å²) in [4.78, 5) is 10.8. The standard InChI is InChI=1S/C13H16BrNO2/c14-12-7-10(13(16)17)3-4-11(12)8-15-6-5-9-1-2-9/h3-4,7,9,15H,1-2,5-6,8H2,(H,16,17). The molecule has 2 rings (SSSR count). The van der Waals surface area contributed by atoms with Crippen LogP contribution in [-0.4, -0.2) is 17.6 Å². The Morgan fingerprint density at radius 1 is 1.47 bits per heavy atom. The number of benzene rings is 1. The minimum Gasteiger partial charge on any atom is -0.478 e. The van der Waals surface area contributed by atoms with E-state index in [9.17, 15) is 4.79 Å². The molecule has 1 aliphatic rings. The van der Waals surface area contributed by atoms with Crippen molar-refractivity contribution in [3.05, 3.63) is 33.8 Å². The third kappa shape index (κ3) is 3.82. The van der Waals surface area contributed by atoms with Crippen molar-refractivity contribution in [1.82, 2.24) is 5.32 Å². The van der Waals surface area contributed by atoms with Gasteiger partial charge >= 0.3 is 5.97 Å². The molecule has 17 heavy (non-hydrogen) atoms. The summed E-state index contributed by atoms with van der Waals surface area (Å²) in [5, 5.41) is 12.2. The number of hydrogen-bond donors (Lipinski definition) is 2. The molecule has 1 aliphatic carbocycles. The van der Waals surface area contributed by atoms with Crippen LogP contribution in [-0.2, 0) is 6.54 Å². The highest BCUT2D eigenvalue weighted by Gasteiger charge is 2.19. The van der Waals surface area contributed by atoms with Crippen LogP contribution in [0.4, 0.5) is 0 Å². The minimum atomic E-state index is -0.890. The van der Waals surface area contributed by atoms with Gasteiger partial charge in [-0.25, -0.2) is 4.79 Å². The van der Waals surface area contributed by atoms with Crippen LogP contribution in [0.15, 0.2) is 22.7 Å². The predicted molar refractivity (Wildman–Crippen MR) is 70.1 cm³/mol. The van der Waals surface area contributed by atoms with E-state index in [0.717, 1.165) is 29.0 Å². The molecule has 0 radical (unpaired) electrons. The first-order valence-electron chi connectivity index (χ1n) is 5.89. The van der Waals surface area contributed by atoms with Crippen molar-refractivity contribution in [2.75, 3.05) is 6.54 Å². The minimum absolute atomic E-state index is 0.318. The van der Waals surface area contributed by atoms with E-state index in [4.69, 9.17) is 5.11 Å². The van der Waals surface area contributed by atoms with E-state index < -0.39 is 5.97 Å². The maximum absolute atomic E-state index is 10.8. The Hall–Kier alpha value is -0.870. The summed E-state index contributed by atoms with van der Waals surface area (Å²) >= 11 is 3.41. The highest BCUT2D eigenvalue weighted by atomic mass is 79.9. The van der Waals surface area contributed by atoms with Crippen LogP contribution in [0.5, 0.6) is 0 Å². The number of nitrogens with one attached hydrogen (secondary N) is 1. The lowest BCUT2D eigenvalue weighted by Crippen LogP contribution is -2.15. The average molecular weight is 298 g/mol. The molecule has 1 aromatic carbocycles. The second-order valence-corrected chi connectivity index (χ2v) is 5.37. The van der Waals surface area contributed by atoms with Gasteiger partial charge in [-0.2, -0.15) is 0 Å². The molecule has 1 saturated carbocycles. The second-order valence-electron chi connectivity index (χ2n) is 4.52. The summed E-state index contributed by atoms with van der Waals surface area (Å²) in [7, 11) is 0. The topological polar surface area (TPSA) is 49.3 Å². The van der Waals surface area contributed by atoms with Crippen LogP contribution in [0, 0.1) is 5.92 Å². The highest BCUT2D eigenvalue weighted by molar-refractivity contribution is 9.10. The van der Waals surface area contributed by atoms with E-state index in [-0.39, 0.29) is 0 Å². The molecule has 0 heterocycles. The Morgan fingerprint density at radius 3 is 2.82 bits per heavy atom. The normalized spacial score (nSPS) is 14.9. The fourth-order valence-corrected chi connectivity index (χ4v) is 2.28. The van der Waals surface area contributed by atoms with Crippen LogP contribution in [0.25, 0.3) is 0 Å². The van der Waals surface area contributed by atoms with Crippen molar-refractivity contribution >= 4 is 21.9 Å². The maximum Gasteiger partial charge on any atom is 0.335 e. The van der Waals surface area contributed by atoms with Gasteiger partial charge in [-0.05, 0) is 36.6 Å². The van der Waals surface area contributed by atoms with Gasteiger partial charge in [0, 0.05) is 11.0 Å². The number of rotatable bonds is 6. The molecule has 0 bridgehead atoms. The van der Waals surface area contributed by atoms with Crippen molar-refractivity contribution in [3.63, 3.8) is 0 Å². The average Bonchev–Trinajstić information content (AvgIpc) is 3.09. The Balaban J connectivity index is 1.84. The number of hydrogen-bond acceptors (Lipinski definition) is 2. The Bertz CT molecular complexity index is 416. The molecule has 0 aliphatic heterocycles. The zero-order chi connectivity index (χ0) is 12.3. The molecule has 92 valence electrons. The zero-order valence-corrected chi connectivity index (χ0v) is 11.2. The second kappa shape index (κ2) is 5.65. The van der Waals surface area contributed by atoms with Crippen LogP contribution >= 0.6 is 15.9 Å². The first-order valence-corrected chi connectivity index (χ1v) is 6.68. The largest absolute Gasteiger partial charge is 0.478 e. The van der Waals surface area contributed by atoms with Gasteiger partial charge in [0.05, 0.1) is 5.56 Å². The van der Waals surface area contributed by atoms with Crippen molar-refractivity contribution in [2.45, 2.75) is 25.8 Å². The monoisotopic (exact) mass is 297 g/mol. The summed E-state index contributed by atoms with van der Waals surface area (Å²) in [6.07, 6.45) is 4.03. The molecule has 0 aromatic heterocycles. The van der Waals surface area contributed by atoms with E-state index in [1.165, 1.54) is 19.3 Å². The molecule has 0 spiro atoms. The van der Waals surface area contributed by atoms with E-state index in [0.29, 0.717) is 5.56 Å². The van der Waals surface area contributed by atoms with Crippen molar-refractivity contribution in [3.8, 4) is 0 Å². The number of aromatic carboxylic acids is 1. The molecule has 4 heteroatoms. The van der Waals surface area contributed by atoms with Crippen molar-refractivity contribution in [1.29, 1.82) is 0 Å². The van der Waals surface area contributed by atoms with E-state index in [2.05, 4.69) is 21.2 Å². The van der Waals surface area contributed by atoms with Crippen LogP contribution in [0.2, 0.25) is 0 Å². The Labute approximate surface area is 109 Å². The van der Waals surface area contributed by atoms with E-state index in [1.54, 1.807) is 12.1 Å². The lowest BCUT2D eigenvalue weighted by atomic mass is 10.1. The molecule has 0 saturated heterocycles. The number of halogens is 1. The zero-order valence-electron chi connectivity index (χ0n) is 9.58. The molecular weight excluding hydrogens is 282 g/mol. The predicted octanol–water partition coefficient (Wildman–Crippen LogP) is 3.04. The van der Waals surface area contributed by atoms with Crippen molar-refractivity contribution in [2.24, 2.45) is 5.92 Å². The first kappa shape index (κ1) is 12.6. The number of carboxylic acids is 1. The summed E-state index contributed by atoms with van der Waals surface area (Å²) in [6.45, 7) is 1.82. The molecule has 1 fully saturated rings. The van der Waals surface area contributed by atoms with Crippen LogP contribution in [0.1, 0.15) is 35.2 Å². The molecular formula is C13H16BrNO2. The molecule has 2 N–H and O–H groups in total. The van der Waals surface area contributed by atoms with Gasteiger partial charge in [-0.1, -0.05) is 34.8 Å². The van der Waals surface area contributed by atoms with Crippen molar-refractivity contribution < 1.29 is 9.90 Å². The van der Waals surface area contributed by atoms with Gasteiger partial charge in [0.2, 0.25) is 0 Å². The van der Waals surface area contributed by atoms with Gasteiger partial charge < -0.3 is 10.4 Å². The number of carboxylic acid groups (broad SMARTS) is 1. The van der Waals surface area contributed by atoms with Gasteiger partial charge in [-0.15, -0.1) is 0 Å². The molecule has 0 amide bonds. The quantitative estimate of drug-likeness (QED) is 0.794. The summed E-state index contributed by atoms with van der Waals surface area (Å²) in [5.74, 6) is 0.0549. The fourth-order valence-electron chi connectivity index (χ4n) is 1.76. The summed E-state index contributed by atoms with van der Waals surface area (Å²) < 4.78 is 0.858. The molecule has 1 aromatic rings. The molecule has 0 unspecified atom stereocenters. The smallest absolute Gasteiger partial charge is 0.335 e. The molecule has 3 nitrogen and oxygen atoms in total. The number of carbonyl (C=O) groups is 1. The van der Waals surface area contributed by atoms with E-state index >= 15 is 0 Å². The lowest BCUT2D eigenvalue weighted by molar-refractivity contribution is 0.0697. The van der Waals surface area contributed by atoms with Crippen LogP contribution < -0.4 is 5.32 Å². The third-order valence-corrected chi connectivity index (χ3v) is 3.78. The lowest BCUT2D eigenvalue weighted by Gasteiger charge is -2.07. The van der Waals surface area contributed by atoms with Gasteiger partial charge in [-0.3, -0.25) is 0 Å². The maximum atomic E-state index is 10.8. The third-order valence-electron chi connectivity index (χ3n) is 3.04. The van der Waals surface area contributed by atoms with Crippen LogP contribution in [0.3, 0.4) is 0 Å². The van der Waals surface area contributed by atoms with Gasteiger partial charge in [0.25, 0.3) is 0 Å². The first-order chi connectivity index (χ1) is 8.16. The molecule has 0 atom stereocenters. The Morgan fingerprint density at radius 2 is 2.24 bits per heavy atom. The van der Waals surface area contributed by atoms with Gasteiger partial charge in [0.15, 0.2) is 0 Å². The fraction of sp³-hybridized carbons (Fsp3) is 0.462. The SMILES string of the molecule is O=C(O)c1ccc(CNCCC2CC2)c(Br)c1. The highest BCUT2D eigenvalue weighted by Crippen LogP contribution is 2.31. The summed E-state index contributed by atoms with van der Waals surface area (Å²) in [5.41, 5.74) is 1.42. The van der Waals surface area contributed by atoms with E-state index in [1.807, 2.05) is 6.07 Å². The van der Waals surface area contributed by atoms with Gasteiger partial charge in [0.1, 0.15) is 0 Å².